The third kappa shape index (κ3) is 4.39. The van der Waals surface area contributed by atoms with Crippen molar-refractivity contribution in [1.82, 2.24) is 15.2 Å². The summed E-state index contributed by atoms with van der Waals surface area (Å²) in [5.41, 5.74) is 3.17. The number of likely N-dealkylation sites (tertiary alicyclic amines) is 1. The molecule has 1 saturated heterocycles. The van der Waals surface area contributed by atoms with Crippen molar-refractivity contribution in [2.24, 2.45) is 5.92 Å². The second-order valence-electron chi connectivity index (χ2n) is 6.59. The molecule has 0 aliphatic carbocycles. The average molecular weight is 353 g/mol. The Morgan fingerprint density at radius 2 is 2.04 bits per heavy atom. The zero-order chi connectivity index (χ0) is 18.5. The fourth-order valence-electron chi connectivity index (χ4n) is 3.02. The van der Waals surface area contributed by atoms with Crippen molar-refractivity contribution in [2.75, 3.05) is 13.7 Å². The summed E-state index contributed by atoms with van der Waals surface area (Å²) in [6.45, 7) is 3.42. The highest BCUT2D eigenvalue weighted by atomic mass is 16.5. The quantitative estimate of drug-likeness (QED) is 0.863. The number of benzene rings is 1. The van der Waals surface area contributed by atoms with Gasteiger partial charge in [0.2, 0.25) is 17.7 Å². The maximum Gasteiger partial charge on any atom is 0.225 e. The number of nitrogens with zero attached hydrogens (tertiary/aromatic N) is 2. The molecule has 1 aliphatic heterocycles. The molecule has 26 heavy (non-hydrogen) atoms. The molecular formula is C20H23N3O3. The molecule has 0 saturated carbocycles. The summed E-state index contributed by atoms with van der Waals surface area (Å²) in [6.07, 6.45) is 1.90. The molecule has 1 aromatic heterocycles. The third-order valence-electron chi connectivity index (χ3n) is 4.55. The number of pyridine rings is 1. The van der Waals surface area contributed by atoms with Gasteiger partial charge in [-0.25, -0.2) is 4.98 Å². The zero-order valence-electron chi connectivity index (χ0n) is 15.1. The molecule has 1 aromatic carbocycles. The van der Waals surface area contributed by atoms with E-state index < -0.39 is 0 Å². The van der Waals surface area contributed by atoms with Crippen LogP contribution < -0.4 is 10.1 Å². The number of hydrogen-bond acceptors (Lipinski definition) is 4. The lowest BCUT2D eigenvalue weighted by Gasteiger charge is -2.17. The molecule has 1 N–H and O–H groups in total. The predicted octanol–water partition coefficient (Wildman–Crippen LogP) is 2.06. The Labute approximate surface area is 153 Å². The van der Waals surface area contributed by atoms with Crippen molar-refractivity contribution in [3.05, 3.63) is 59.3 Å². The second-order valence-corrected chi connectivity index (χ2v) is 6.59. The van der Waals surface area contributed by atoms with Gasteiger partial charge >= 0.3 is 0 Å². The van der Waals surface area contributed by atoms with Crippen LogP contribution >= 0.6 is 0 Å². The minimum atomic E-state index is -0.309. The van der Waals surface area contributed by atoms with Gasteiger partial charge in [-0.3, -0.25) is 9.59 Å². The van der Waals surface area contributed by atoms with Crippen LogP contribution in [0, 0.1) is 12.8 Å². The molecular weight excluding hydrogens is 330 g/mol. The monoisotopic (exact) mass is 353 g/mol. The first-order chi connectivity index (χ1) is 12.5. The highest BCUT2D eigenvalue weighted by molar-refractivity contribution is 5.89. The molecule has 0 unspecified atom stereocenters. The normalized spacial score (nSPS) is 16.6. The lowest BCUT2D eigenvalue weighted by molar-refractivity contribution is -0.129. The molecule has 6 nitrogen and oxygen atoms in total. The standard InChI is InChI=1S/C20H23N3O3/c1-14-3-5-15(6-4-14)12-23-13-17(10-19(23)24)20(25)22-11-16-7-8-21-18(9-16)26-2/h3-9,17H,10-13H2,1-2H3,(H,22,25)/t17-/m1/s1. The highest BCUT2D eigenvalue weighted by Gasteiger charge is 2.34. The Kier molecular flexibility index (Phi) is 5.51. The molecule has 2 heterocycles. The molecule has 6 heteroatoms. The summed E-state index contributed by atoms with van der Waals surface area (Å²) in [4.78, 5) is 30.5. The minimum Gasteiger partial charge on any atom is -0.481 e. The number of amides is 2. The number of carbonyl (C=O) groups excluding carboxylic acids is 2. The van der Waals surface area contributed by atoms with Gasteiger partial charge in [0.1, 0.15) is 0 Å². The van der Waals surface area contributed by atoms with Crippen molar-refractivity contribution in [3.8, 4) is 5.88 Å². The Hall–Kier alpha value is -2.89. The molecule has 1 fully saturated rings. The molecule has 0 radical (unpaired) electrons. The smallest absolute Gasteiger partial charge is 0.225 e. The molecule has 1 atom stereocenters. The largest absolute Gasteiger partial charge is 0.481 e. The summed E-state index contributed by atoms with van der Waals surface area (Å²) in [5.74, 6) is 0.130. The average Bonchev–Trinajstić information content (AvgIpc) is 3.02. The van der Waals surface area contributed by atoms with Crippen LogP contribution in [-0.2, 0) is 22.7 Å². The maximum absolute atomic E-state index is 12.4. The van der Waals surface area contributed by atoms with E-state index in [0.717, 1.165) is 11.1 Å². The summed E-state index contributed by atoms with van der Waals surface area (Å²) in [7, 11) is 1.55. The SMILES string of the molecule is COc1cc(CNC(=O)[C@@H]2CC(=O)N(Cc3ccc(C)cc3)C2)ccn1. The molecule has 1 aliphatic rings. The second kappa shape index (κ2) is 7.99. The fraction of sp³-hybridized carbons (Fsp3) is 0.350. The minimum absolute atomic E-state index is 0.0244. The number of ether oxygens (including phenoxy) is 1. The Morgan fingerprint density at radius 1 is 1.27 bits per heavy atom. The van der Waals surface area contributed by atoms with Gasteiger partial charge in [-0.15, -0.1) is 0 Å². The van der Waals surface area contributed by atoms with Gasteiger partial charge in [-0.05, 0) is 24.1 Å². The van der Waals surface area contributed by atoms with Gasteiger partial charge < -0.3 is 15.0 Å². The van der Waals surface area contributed by atoms with E-state index in [4.69, 9.17) is 4.74 Å². The van der Waals surface area contributed by atoms with E-state index in [1.165, 1.54) is 5.56 Å². The third-order valence-corrected chi connectivity index (χ3v) is 4.55. The Morgan fingerprint density at radius 3 is 2.77 bits per heavy atom. The number of aryl methyl sites for hydroxylation is 1. The van der Waals surface area contributed by atoms with Crippen molar-refractivity contribution in [1.29, 1.82) is 0 Å². The van der Waals surface area contributed by atoms with Crippen molar-refractivity contribution in [2.45, 2.75) is 26.4 Å². The number of rotatable bonds is 6. The van der Waals surface area contributed by atoms with Crippen LogP contribution in [0.15, 0.2) is 42.6 Å². The van der Waals surface area contributed by atoms with Crippen molar-refractivity contribution >= 4 is 11.8 Å². The van der Waals surface area contributed by atoms with Gasteiger partial charge in [0, 0.05) is 38.3 Å². The summed E-state index contributed by atoms with van der Waals surface area (Å²) < 4.78 is 5.08. The van der Waals surface area contributed by atoms with Crippen LogP contribution in [0.2, 0.25) is 0 Å². The molecule has 2 amide bonds. The van der Waals surface area contributed by atoms with Gasteiger partial charge in [0.05, 0.1) is 13.0 Å². The van der Waals surface area contributed by atoms with E-state index in [0.29, 0.717) is 25.5 Å². The molecule has 136 valence electrons. The molecule has 0 spiro atoms. The van der Waals surface area contributed by atoms with E-state index in [1.54, 1.807) is 24.3 Å². The van der Waals surface area contributed by atoms with Crippen LogP contribution in [-0.4, -0.2) is 35.4 Å². The number of nitrogens with one attached hydrogen (secondary N) is 1. The predicted molar refractivity (Wildman–Crippen MR) is 97.3 cm³/mol. The summed E-state index contributed by atoms with van der Waals surface area (Å²) >= 11 is 0. The van der Waals surface area contributed by atoms with Gasteiger partial charge in [-0.2, -0.15) is 0 Å². The molecule has 3 rings (SSSR count). The van der Waals surface area contributed by atoms with Gasteiger partial charge in [0.15, 0.2) is 0 Å². The molecule has 2 aromatic rings. The molecule has 0 bridgehead atoms. The van der Waals surface area contributed by atoms with E-state index in [9.17, 15) is 9.59 Å². The van der Waals surface area contributed by atoms with E-state index >= 15 is 0 Å². The maximum atomic E-state index is 12.4. The Balaban J connectivity index is 1.53. The van der Waals surface area contributed by atoms with Crippen LogP contribution in [0.1, 0.15) is 23.1 Å². The van der Waals surface area contributed by atoms with Gasteiger partial charge in [0.25, 0.3) is 0 Å². The first kappa shape index (κ1) is 17.9. The lowest BCUT2D eigenvalue weighted by Crippen LogP contribution is -2.32. The summed E-state index contributed by atoms with van der Waals surface area (Å²) in [5, 5.41) is 2.90. The van der Waals surface area contributed by atoms with Crippen molar-refractivity contribution < 1.29 is 14.3 Å². The first-order valence-corrected chi connectivity index (χ1v) is 8.65. The van der Waals surface area contributed by atoms with E-state index in [1.807, 2.05) is 37.3 Å². The highest BCUT2D eigenvalue weighted by Crippen LogP contribution is 2.21. The van der Waals surface area contributed by atoms with Gasteiger partial charge in [-0.1, -0.05) is 29.8 Å². The first-order valence-electron chi connectivity index (χ1n) is 8.65. The topological polar surface area (TPSA) is 71.5 Å². The van der Waals surface area contributed by atoms with Crippen LogP contribution in [0.3, 0.4) is 0 Å². The van der Waals surface area contributed by atoms with E-state index in [2.05, 4.69) is 10.3 Å². The number of hydrogen-bond donors (Lipinski definition) is 1. The number of aromatic nitrogens is 1. The van der Waals surface area contributed by atoms with Crippen LogP contribution in [0.4, 0.5) is 0 Å². The van der Waals surface area contributed by atoms with Crippen LogP contribution in [0.25, 0.3) is 0 Å². The van der Waals surface area contributed by atoms with Crippen LogP contribution in [0.5, 0.6) is 5.88 Å². The number of methoxy groups -OCH3 is 1. The van der Waals surface area contributed by atoms with Crippen molar-refractivity contribution in [3.63, 3.8) is 0 Å². The fourth-order valence-corrected chi connectivity index (χ4v) is 3.02. The zero-order valence-corrected chi connectivity index (χ0v) is 15.1. The summed E-state index contributed by atoms with van der Waals surface area (Å²) in [6, 6.07) is 11.7. The van der Waals surface area contributed by atoms with E-state index in [-0.39, 0.29) is 24.2 Å². The number of carbonyl (C=O) groups is 2. The lowest BCUT2D eigenvalue weighted by atomic mass is 10.1. The Bertz CT molecular complexity index is 789.